The minimum absolute atomic E-state index is 0.340. The van der Waals surface area contributed by atoms with E-state index < -0.39 is 11.7 Å². The zero-order valence-electron chi connectivity index (χ0n) is 13.8. The quantitative estimate of drug-likeness (QED) is 0.434. The van der Waals surface area contributed by atoms with E-state index in [1.165, 1.54) is 0 Å². The lowest BCUT2D eigenvalue weighted by atomic mass is 10.0. The SMILES string of the molecule is O=C(Nc1ccccn1)C(=O)c1c(-c2ccccc2)[nH]c2ccccc12. The molecule has 4 aromatic rings. The molecule has 0 fully saturated rings. The molecule has 2 N–H and O–H groups in total. The molecule has 0 bridgehead atoms. The minimum atomic E-state index is -0.717. The zero-order chi connectivity index (χ0) is 17.9. The number of H-pyrrole nitrogens is 1. The largest absolute Gasteiger partial charge is 0.354 e. The summed E-state index contributed by atoms with van der Waals surface area (Å²) in [6.07, 6.45) is 1.56. The first-order valence-electron chi connectivity index (χ1n) is 8.17. The number of rotatable bonds is 4. The van der Waals surface area contributed by atoms with E-state index in [-0.39, 0.29) is 0 Å². The Kier molecular flexibility index (Phi) is 4.03. The van der Waals surface area contributed by atoms with Gasteiger partial charge in [-0.1, -0.05) is 54.6 Å². The number of pyridine rings is 1. The van der Waals surface area contributed by atoms with Crippen molar-refractivity contribution < 1.29 is 9.59 Å². The maximum atomic E-state index is 13.0. The molecule has 0 saturated heterocycles. The van der Waals surface area contributed by atoms with Gasteiger partial charge in [0.1, 0.15) is 5.82 Å². The summed E-state index contributed by atoms with van der Waals surface area (Å²) in [6.45, 7) is 0. The van der Waals surface area contributed by atoms with Crippen molar-refractivity contribution in [3.05, 3.63) is 84.6 Å². The highest BCUT2D eigenvalue weighted by Crippen LogP contribution is 2.30. The summed E-state index contributed by atoms with van der Waals surface area (Å²) < 4.78 is 0. The van der Waals surface area contributed by atoms with Gasteiger partial charge >= 0.3 is 0 Å². The molecule has 0 atom stereocenters. The number of nitrogens with one attached hydrogen (secondary N) is 2. The topological polar surface area (TPSA) is 74.8 Å². The summed E-state index contributed by atoms with van der Waals surface area (Å²) in [7, 11) is 0. The number of aromatic nitrogens is 2. The predicted molar refractivity (Wildman–Crippen MR) is 101 cm³/mol. The fourth-order valence-corrected chi connectivity index (χ4v) is 2.92. The number of amides is 1. The van der Waals surface area contributed by atoms with Gasteiger partial charge in [-0.15, -0.1) is 0 Å². The number of carbonyl (C=O) groups is 2. The lowest BCUT2D eigenvalue weighted by Crippen LogP contribution is -2.23. The fourth-order valence-electron chi connectivity index (χ4n) is 2.92. The van der Waals surface area contributed by atoms with Crippen LogP contribution >= 0.6 is 0 Å². The molecule has 2 aromatic carbocycles. The van der Waals surface area contributed by atoms with E-state index in [0.29, 0.717) is 22.5 Å². The number of ketones is 1. The second-order valence-electron chi connectivity index (χ2n) is 5.78. The van der Waals surface area contributed by atoms with Crippen molar-refractivity contribution in [3.63, 3.8) is 0 Å². The summed E-state index contributed by atoms with van der Waals surface area (Å²) in [5.74, 6) is -0.982. The Hall–Kier alpha value is -3.73. The van der Waals surface area contributed by atoms with Gasteiger partial charge in [0.05, 0.1) is 11.3 Å². The molecule has 5 nitrogen and oxygen atoms in total. The van der Waals surface area contributed by atoms with Crippen LogP contribution in [-0.4, -0.2) is 21.7 Å². The summed E-state index contributed by atoms with van der Waals surface area (Å²) in [6, 6.07) is 22.1. The van der Waals surface area contributed by atoms with Gasteiger partial charge in [-0.3, -0.25) is 9.59 Å². The van der Waals surface area contributed by atoms with Gasteiger partial charge in [-0.05, 0) is 23.8 Å². The number of para-hydroxylation sites is 1. The maximum absolute atomic E-state index is 13.0. The predicted octanol–water partition coefficient (Wildman–Crippen LogP) is 4.05. The van der Waals surface area contributed by atoms with Crippen molar-refractivity contribution in [1.82, 2.24) is 9.97 Å². The number of hydrogen-bond donors (Lipinski definition) is 2. The van der Waals surface area contributed by atoms with E-state index in [4.69, 9.17) is 0 Å². The van der Waals surface area contributed by atoms with Crippen molar-refractivity contribution in [2.24, 2.45) is 0 Å². The van der Waals surface area contributed by atoms with Gasteiger partial charge in [0.15, 0.2) is 0 Å². The van der Waals surface area contributed by atoms with Crippen LogP contribution in [0, 0.1) is 0 Å². The van der Waals surface area contributed by atoms with Crippen LogP contribution in [0.4, 0.5) is 5.82 Å². The van der Waals surface area contributed by atoms with Crippen molar-refractivity contribution >= 4 is 28.4 Å². The molecule has 0 radical (unpaired) electrons. The molecule has 0 spiro atoms. The molecule has 0 aliphatic rings. The van der Waals surface area contributed by atoms with Crippen LogP contribution in [0.5, 0.6) is 0 Å². The van der Waals surface area contributed by atoms with E-state index in [9.17, 15) is 9.59 Å². The molecule has 4 rings (SSSR count). The van der Waals surface area contributed by atoms with Gasteiger partial charge in [0.2, 0.25) is 0 Å². The minimum Gasteiger partial charge on any atom is -0.354 e. The molecule has 0 unspecified atom stereocenters. The number of carbonyl (C=O) groups excluding carboxylic acids is 2. The van der Waals surface area contributed by atoms with E-state index in [0.717, 1.165) is 11.1 Å². The van der Waals surface area contributed by atoms with Gasteiger partial charge in [0.25, 0.3) is 11.7 Å². The molecule has 1 amide bonds. The molecule has 126 valence electrons. The Balaban J connectivity index is 1.79. The summed E-state index contributed by atoms with van der Waals surface area (Å²) in [5.41, 5.74) is 2.64. The number of Topliss-reactive ketones (excluding diaryl/α,β-unsaturated/α-hetero) is 1. The highest BCUT2D eigenvalue weighted by molar-refractivity contribution is 6.49. The molecule has 2 aromatic heterocycles. The first-order chi connectivity index (χ1) is 12.7. The molecular weight excluding hydrogens is 326 g/mol. The average Bonchev–Trinajstić information content (AvgIpc) is 3.08. The lowest BCUT2D eigenvalue weighted by Gasteiger charge is -2.06. The Labute approximate surface area is 149 Å². The number of fused-ring (bicyclic) bond motifs is 1. The van der Waals surface area contributed by atoms with E-state index >= 15 is 0 Å². The van der Waals surface area contributed by atoms with E-state index in [1.54, 1.807) is 24.4 Å². The van der Waals surface area contributed by atoms with E-state index in [2.05, 4.69) is 15.3 Å². The number of benzene rings is 2. The Bertz CT molecular complexity index is 1090. The van der Waals surface area contributed by atoms with Crippen LogP contribution in [0.1, 0.15) is 10.4 Å². The average molecular weight is 341 g/mol. The van der Waals surface area contributed by atoms with Crippen LogP contribution in [-0.2, 0) is 4.79 Å². The summed E-state index contributed by atoms with van der Waals surface area (Å²) in [4.78, 5) is 32.8. The van der Waals surface area contributed by atoms with Crippen LogP contribution in [0.3, 0.4) is 0 Å². The smallest absolute Gasteiger partial charge is 0.298 e. The third-order valence-electron chi connectivity index (χ3n) is 4.11. The monoisotopic (exact) mass is 341 g/mol. The third-order valence-corrected chi connectivity index (χ3v) is 4.11. The molecule has 0 aliphatic heterocycles. The Morgan fingerprint density at radius 1 is 0.846 bits per heavy atom. The van der Waals surface area contributed by atoms with Crippen molar-refractivity contribution in [2.75, 3.05) is 5.32 Å². The van der Waals surface area contributed by atoms with Crippen LogP contribution in [0.15, 0.2) is 79.0 Å². The molecule has 2 heterocycles. The normalized spacial score (nSPS) is 10.6. The third kappa shape index (κ3) is 2.86. The van der Waals surface area contributed by atoms with Crippen molar-refractivity contribution in [1.29, 1.82) is 0 Å². The van der Waals surface area contributed by atoms with Gasteiger partial charge in [-0.2, -0.15) is 0 Å². The Morgan fingerprint density at radius 2 is 1.58 bits per heavy atom. The number of hydrogen-bond acceptors (Lipinski definition) is 3. The van der Waals surface area contributed by atoms with E-state index in [1.807, 2.05) is 54.6 Å². The lowest BCUT2D eigenvalue weighted by molar-refractivity contribution is -0.112. The molecule has 0 aliphatic carbocycles. The second kappa shape index (κ2) is 6.64. The number of aromatic amines is 1. The highest BCUT2D eigenvalue weighted by Gasteiger charge is 2.25. The van der Waals surface area contributed by atoms with Gasteiger partial charge in [0, 0.05) is 17.1 Å². The number of nitrogens with zero attached hydrogens (tertiary/aromatic N) is 1. The maximum Gasteiger partial charge on any atom is 0.298 e. The van der Waals surface area contributed by atoms with Crippen molar-refractivity contribution in [3.8, 4) is 11.3 Å². The summed E-state index contributed by atoms with van der Waals surface area (Å²) >= 11 is 0. The zero-order valence-corrected chi connectivity index (χ0v) is 13.8. The second-order valence-corrected chi connectivity index (χ2v) is 5.78. The standard InChI is InChI=1S/C21H15N3O2/c25-20(21(26)24-17-12-6-7-13-22-17)18-15-10-4-5-11-16(15)23-19(18)14-8-2-1-3-9-14/h1-13,23H,(H,22,24,26). The van der Waals surface area contributed by atoms with Gasteiger partial charge in [-0.25, -0.2) is 4.98 Å². The van der Waals surface area contributed by atoms with Crippen molar-refractivity contribution in [2.45, 2.75) is 0 Å². The fraction of sp³-hybridized carbons (Fsp3) is 0. The molecular formula is C21H15N3O2. The molecule has 26 heavy (non-hydrogen) atoms. The summed E-state index contributed by atoms with van der Waals surface area (Å²) in [5, 5.41) is 3.28. The Morgan fingerprint density at radius 3 is 2.35 bits per heavy atom. The van der Waals surface area contributed by atoms with Gasteiger partial charge < -0.3 is 10.3 Å². The van der Waals surface area contributed by atoms with Crippen LogP contribution < -0.4 is 5.32 Å². The number of anilines is 1. The first-order valence-corrected chi connectivity index (χ1v) is 8.17. The van der Waals surface area contributed by atoms with Crippen LogP contribution in [0.25, 0.3) is 22.2 Å². The molecule has 5 heteroatoms. The first kappa shape index (κ1) is 15.8. The molecule has 0 saturated carbocycles. The van der Waals surface area contributed by atoms with Crippen LogP contribution in [0.2, 0.25) is 0 Å². The highest BCUT2D eigenvalue weighted by atomic mass is 16.2.